The third kappa shape index (κ3) is 4.16. The van der Waals surface area contributed by atoms with Crippen LogP contribution in [-0.2, 0) is 0 Å². The second kappa shape index (κ2) is 5.55. The van der Waals surface area contributed by atoms with E-state index in [2.05, 4.69) is 56.8 Å². The largest absolute Gasteiger partial charge is 0.0961 e. The molecule has 1 rings (SSSR count). The predicted molar refractivity (Wildman–Crippen MR) is 68.2 cm³/mol. The van der Waals surface area contributed by atoms with Crippen molar-refractivity contribution in [1.29, 1.82) is 0 Å². The average molecular weight is 200 g/mol. The zero-order valence-corrected chi connectivity index (χ0v) is 9.96. The molecule has 0 saturated carbocycles. The van der Waals surface area contributed by atoms with E-state index in [0.29, 0.717) is 5.92 Å². The molecule has 0 spiro atoms. The minimum atomic E-state index is 0.584. The summed E-state index contributed by atoms with van der Waals surface area (Å²) in [6.45, 7) is 10.2. The van der Waals surface area contributed by atoms with Crippen molar-refractivity contribution in [2.45, 2.75) is 33.1 Å². The van der Waals surface area contributed by atoms with Gasteiger partial charge in [0.1, 0.15) is 0 Å². The van der Waals surface area contributed by atoms with Crippen LogP contribution in [0.25, 0.3) is 0 Å². The van der Waals surface area contributed by atoms with E-state index in [1.54, 1.807) is 0 Å². The SMILES string of the molecule is C=C(C)/C=C/C[C@H](C)c1ccc(C)cc1. The summed E-state index contributed by atoms with van der Waals surface area (Å²) in [5.74, 6) is 0.584. The molecule has 0 radical (unpaired) electrons. The van der Waals surface area contributed by atoms with Gasteiger partial charge in [0.25, 0.3) is 0 Å². The summed E-state index contributed by atoms with van der Waals surface area (Å²) < 4.78 is 0. The van der Waals surface area contributed by atoms with E-state index in [1.807, 2.05) is 6.92 Å². The van der Waals surface area contributed by atoms with Crippen LogP contribution in [0.4, 0.5) is 0 Å². The Hall–Kier alpha value is -1.30. The van der Waals surface area contributed by atoms with Crippen LogP contribution in [0, 0.1) is 6.92 Å². The molecule has 0 fully saturated rings. The standard InChI is InChI=1S/C15H20/c1-12(2)6-5-7-14(4)15-10-8-13(3)9-11-15/h5-6,8-11,14H,1,7H2,2-4H3/b6-5+/t14-/m0/s1. The number of hydrogen-bond acceptors (Lipinski definition) is 0. The number of benzene rings is 1. The highest BCUT2D eigenvalue weighted by molar-refractivity contribution is 5.25. The summed E-state index contributed by atoms with van der Waals surface area (Å²) in [4.78, 5) is 0. The summed E-state index contributed by atoms with van der Waals surface area (Å²) in [5, 5.41) is 0. The van der Waals surface area contributed by atoms with Crippen molar-refractivity contribution >= 4 is 0 Å². The van der Waals surface area contributed by atoms with E-state index in [4.69, 9.17) is 0 Å². The third-order valence-corrected chi connectivity index (χ3v) is 2.54. The summed E-state index contributed by atoms with van der Waals surface area (Å²) in [5.41, 5.74) is 3.85. The third-order valence-electron chi connectivity index (χ3n) is 2.54. The molecular formula is C15H20. The Morgan fingerprint density at radius 2 is 1.93 bits per heavy atom. The molecule has 0 aliphatic carbocycles. The van der Waals surface area contributed by atoms with Crippen LogP contribution in [0.5, 0.6) is 0 Å². The maximum Gasteiger partial charge on any atom is -0.0156 e. The fourth-order valence-corrected chi connectivity index (χ4v) is 1.50. The quantitative estimate of drug-likeness (QED) is 0.622. The summed E-state index contributed by atoms with van der Waals surface area (Å²) in [6.07, 6.45) is 5.37. The van der Waals surface area contributed by atoms with Crippen LogP contribution in [0.15, 0.2) is 48.6 Å². The van der Waals surface area contributed by atoms with E-state index >= 15 is 0 Å². The van der Waals surface area contributed by atoms with Crippen LogP contribution in [0.3, 0.4) is 0 Å². The number of rotatable bonds is 4. The molecule has 0 aliphatic rings. The van der Waals surface area contributed by atoms with Crippen LogP contribution < -0.4 is 0 Å². The highest BCUT2D eigenvalue weighted by Crippen LogP contribution is 2.19. The zero-order chi connectivity index (χ0) is 11.3. The molecular weight excluding hydrogens is 180 g/mol. The van der Waals surface area contributed by atoms with Gasteiger partial charge in [-0.2, -0.15) is 0 Å². The lowest BCUT2D eigenvalue weighted by Gasteiger charge is -2.09. The van der Waals surface area contributed by atoms with Gasteiger partial charge in [0.05, 0.1) is 0 Å². The van der Waals surface area contributed by atoms with Crippen molar-refractivity contribution in [2.75, 3.05) is 0 Å². The minimum absolute atomic E-state index is 0.584. The predicted octanol–water partition coefficient (Wildman–Crippen LogP) is 4.62. The Morgan fingerprint density at radius 1 is 1.33 bits per heavy atom. The van der Waals surface area contributed by atoms with E-state index in [-0.39, 0.29) is 0 Å². The lowest BCUT2D eigenvalue weighted by Crippen LogP contribution is -1.91. The van der Waals surface area contributed by atoms with Gasteiger partial charge in [0, 0.05) is 0 Å². The van der Waals surface area contributed by atoms with Gasteiger partial charge in [0.15, 0.2) is 0 Å². The Kier molecular flexibility index (Phi) is 4.36. The van der Waals surface area contributed by atoms with Crippen molar-refractivity contribution in [3.05, 3.63) is 59.7 Å². The molecule has 0 aliphatic heterocycles. The monoisotopic (exact) mass is 200 g/mol. The lowest BCUT2D eigenvalue weighted by atomic mass is 9.96. The van der Waals surface area contributed by atoms with E-state index < -0.39 is 0 Å². The van der Waals surface area contributed by atoms with Crippen molar-refractivity contribution in [3.8, 4) is 0 Å². The summed E-state index contributed by atoms with van der Waals surface area (Å²) >= 11 is 0. The first-order chi connectivity index (χ1) is 7.09. The smallest absolute Gasteiger partial charge is 0.0156 e. The molecule has 1 aromatic carbocycles. The Bertz CT molecular complexity index is 341. The van der Waals surface area contributed by atoms with Gasteiger partial charge < -0.3 is 0 Å². The second-order valence-corrected chi connectivity index (χ2v) is 4.30. The Labute approximate surface area is 93.3 Å². The summed E-state index contributed by atoms with van der Waals surface area (Å²) in [7, 11) is 0. The van der Waals surface area contributed by atoms with Crippen LogP contribution in [0.1, 0.15) is 37.3 Å². The van der Waals surface area contributed by atoms with Gasteiger partial charge >= 0.3 is 0 Å². The van der Waals surface area contributed by atoms with Gasteiger partial charge in [-0.25, -0.2) is 0 Å². The molecule has 0 bridgehead atoms. The van der Waals surface area contributed by atoms with Gasteiger partial charge in [-0.1, -0.05) is 61.1 Å². The first kappa shape index (κ1) is 11.8. The highest BCUT2D eigenvalue weighted by Gasteiger charge is 2.02. The molecule has 0 heterocycles. The molecule has 0 amide bonds. The van der Waals surface area contributed by atoms with Gasteiger partial charge in [0.2, 0.25) is 0 Å². The van der Waals surface area contributed by atoms with Crippen molar-refractivity contribution in [3.63, 3.8) is 0 Å². The molecule has 0 N–H and O–H groups in total. The normalized spacial score (nSPS) is 13.0. The zero-order valence-electron chi connectivity index (χ0n) is 9.96. The molecule has 1 aromatic rings. The molecule has 0 heteroatoms. The van der Waals surface area contributed by atoms with Gasteiger partial charge in [-0.15, -0.1) is 0 Å². The second-order valence-electron chi connectivity index (χ2n) is 4.30. The first-order valence-electron chi connectivity index (χ1n) is 5.48. The molecule has 1 atom stereocenters. The molecule has 15 heavy (non-hydrogen) atoms. The van der Waals surface area contributed by atoms with Gasteiger partial charge in [-0.05, 0) is 31.7 Å². The maximum absolute atomic E-state index is 3.85. The topological polar surface area (TPSA) is 0 Å². The van der Waals surface area contributed by atoms with E-state index in [1.165, 1.54) is 11.1 Å². The van der Waals surface area contributed by atoms with Crippen molar-refractivity contribution in [2.24, 2.45) is 0 Å². The molecule has 0 saturated heterocycles. The number of allylic oxidation sites excluding steroid dienone is 3. The minimum Gasteiger partial charge on any atom is -0.0961 e. The summed E-state index contributed by atoms with van der Waals surface area (Å²) in [6, 6.07) is 8.78. The fourth-order valence-electron chi connectivity index (χ4n) is 1.50. The number of aryl methyl sites for hydroxylation is 1. The van der Waals surface area contributed by atoms with Crippen LogP contribution in [-0.4, -0.2) is 0 Å². The molecule has 0 unspecified atom stereocenters. The Balaban J connectivity index is 2.57. The van der Waals surface area contributed by atoms with Gasteiger partial charge in [-0.3, -0.25) is 0 Å². The van der Waals surface area contributed by atoms with Crippen molar-refractivity contribution in [1.82, 2.24) is 0 Å². The van der Waals surface area contributed by atoms with E-state index in [9.17, 15) is 0 Å². The van der Waals surface area contributed by atoms with Crippen molar-refractivity contribution < 1.29 is 0 Å². The Morgan fingerprint density at radius 3 is 2.47 bits per heavy atom. The lowest BCUT2D eigenvalue weighted by molar-refractivity contribution is 0.780. The molecule has 80 valence electrons. The highest BCUT2D eigenvalue weighted by atomic mass is 14.1. The fraction of sp³-hybridized carbons (Fsp3) is 0.333. The first-order valence-corrected chi connectivity index (χ1v) is 5.48. The number of hydrogen-bond donors (Lipinski definition) is 0. The van der Waals surface area contributed by atoms with Crippen LogP contribution >= 0.6 is 0 Å². The van der Waals surface area contributed by atoms with Crippen LogP contribution in [0.2, 0.25) is 0 Å². The molecule has 0 aromatic heterocycles. The molecule has 0 nitrogen and oxygen atoms in total. The average Bonchev–Trinajstić information content (AvgIpc) is 2.18. The maximum atomic E-state index is 3.85. The van der Waals surface area contributed by atoms with E-state index in [0.717, 1.165) is 12.0 Å².